The highest BCUT2D eigenvalue weighted by molar-refractivity contribution is 14.1. The second kappa shape index (κ2) is 5.67. The van der Waals surface area contributed by atoms with Crippen LogP contribution in [-0.4, -0.2) is 5.11 Å². The van der Waals surface area contributed by atoms with Crippen LogP contribution >= 0.6 is 22.6 Å². The van der Waals surface area contributed by atoms with Gasteiger partial charge >= 0.3 is 0 Å². The van der Waals surface area contributed by atoms with Gasteiger partial charge < -0.3 is 9.84 Å². The number of aliphatic hydroxyl groups is 1. The molecule has 0 spiro atoms. The third-order valence-corrected chi connectivity index (χ3v) is 3.39. The Bertz CT molecular complexity index is 555. The van der Waals surface area contributed by atoms with E-state index >= 15 is 0 Å². The predicted octanol–water partition coefficient (Wildman–Crippen LogP) is 4.28. The molecule has 18 heavy (non-hydrogen) atoms. The van der Waals surface area contributed by atoms with Gasteiger partial charge in [0.15, 0.2) is 11.6 Å². The van der Waals surface area contributed by atoms with Gasteiger partial charge in [-0.15, -0.1) is 0 Å². The summed E-state index contributed by atoms with van der Waals surface area (Å²) in [6, 6.07) is 11.9. The second-order valence-electron chi connectivity index (χ2n) is 3.90. The number of benzene rings is 2. The summed E-state index contributed by atoms with van der Waals surface area (Å²) in [5.74, 6) is 0.290. The van der Waals surface area contributed by atoms with Gasteiger partial charge in [0.2, 0.25) is 0 Å². The molecule has 0 amide bonds. The monoisotopic (exact) mass is 358 g/mol. The smallest absolute Gasteiger partial charge is 0.166 e. The maximum absolute atomic E-state index is 13.8. The van der Waals surface area contributed by atoms with E-state index in [2.05, 4.69) is 22.6 Å². The molecular formula is C14H12FIO2. The van der Waals surface area contributed by atoms with Gasteiger partial charge in [-0.1, -0.05) is 18.2 Å². The van der Waals surface area contributed by atoms with Crippen LogP contribution in [0.2, 0.25) is 0 Å². The van der Waals surface area contributed by atoms with Crippen LogP contribution in [-0.2, 0) is 0 Å². The fourth-order valence-corrected chi connectivity index (χ4v) is 2.00. The third kappa shape index (κ3) is 3.00. The van der Waals surface area contributed by atoms with Crippen LogP contribution in [0.3, 0.4) is 0 Å². The van der Waals surface area contributed by atoms with E-state index < -0.39 is 11.9 Å². The standard InChI is InChI=1S/C14H12FIO2/c1-9(17)10-6-7-13(11(15)8-10)18-14-5-3-2-4-12(14)16/h2-9,17H,1H3. The fraction of sp³-hybridized carbons (Fsp3) is 0.143. The molecule has 0 saturated carbocycles. The Morgan fingerprint density at radius 1 is 1.17 bits per heavy atom. The topological polar surface area (TPSA) is 29.5 Å². The van der Waals surface area contributed by atoms with Crippen molar-refractivity contribution >= 4 is 22.6 Å². The first-order valence-electron chi connectivity index (χ1n) is 5.48. The summed E-state index contributed by atoms with van der Waals surface area (Å²) in [7, 11) is 0. The van der Waals surface area contributed by atoms with E-state index in [1.165, 1.54) is 12.1 Å². The van der Waals surface area contributed by atoms with Gasteiger partial charge in [0.1, 0.15) is 5.75 Å². The van der Waals surface area contributed by atoms with Gasteiger partial charge in [0, 0.05) is 0 Å². The lowest BCUT2D eigenvalue weighted by molar-refractivity contribution is 0.198. The van der Waals surface area contributed by atoms with Gasteiger partial charge in [0.05, 0.1) is 9.67 Å². The van der Waals surface area contributed by atoms with Crippen LogP contribution in [0.4, 0.5) is 4.39 Å². The van der Waals surface area contributed by atoms with Crippen molar-refractivity contribution in [3.05, 3.63) is 57.4 Å². The zero-order chi connectivity index (χ0) is 13.1. The van der Waals surface area contributed by atoms with E-state index in [4.69, 9.17) is 4.74 Å². The maximum Gasteiger partial charge on any atom is 0.166 e. The number of rotatable bonds is 3. The minimum absolute atomic E-state index is 0.156. The van der Waals surface area contributed by atoms with Gasteiger partial charge in [-0.25, -0.2) is 4.39 Å². The average Bonchev–Trinajstić information content (AvgIpc) is 2.34. The normalized spacial score (nSPS) is 12.2. The average molecular weight is 358 g/mol. The fourth-order valence-electron chi connectivity index (χ4n) is 1.51. The molecule has 0 fully saturated rings. The second-order valence-corrected chi connectivity index (χ2v) is 5.06. The number of aliphatic hydroxyl groups excluding tert-OH is 1. The number of halogens is 2. The Balaban J connectivity index is 2.28. The van der Waals surface area contributed by atoms with Crippen LogP contribution in [0, 0.1) is 9.39 Å². The molecule has 0 radical (unpaired) electrons. The van der Waals surface area contributed by atoms with Crippen molar-refractivity contribution in [3.63, 3.8) is 0 Å². The molecule has 94 valence electrons. The zero-order valence-electron chi connectivity index (χ0n) is 9.73. The molecule has 0 heterocycles. The van der Waals surface area contributed by atoms with Crippen molar-refractivity contribution in [2.45, 2.75) is 13.0 Å². The van der Waals surface area contributed by atoms with Gasteiger partial charge in [-0.2, -0.15) is 0 Å². The summed E-state index contributed by atoms with van der Waals surface area (Å²) < 4.78 is 20.2. The molecule has 1 unspecified atom stereocenters. The SMILES string of the molecule is CC(O)c1ccc(Oc2ccccc2I)c(F)c1. The first-order chi connectivity index (χ1) is 8.58. The van der Waals surface area contributed by atoms with E-state index in [0.717, 1.165) is 3.57 Å². The Morgan fingerprint density at radius 3 is 2.50 bits per heavy atom. The number of hydrogen-bond donors (Lipinski definition) is 1. The summed E-state index contributed by atoms with van der Waals surface area (Å²) >= 11 is 2.13. The van der Waals surface area contributed by atoms with Crippen molar-refractivity contribution in [2.75, 3.05) is 0 Å². The number of para-hydroxylation sites is 1. The molecule has 2 aromatic rings. The lowest BCUT2D eigenvalue weighted by atomic mass is 10.1. The van der Waals surface area contributed by atoms with Crippen molar-refractivity contribution in [1.82, 2.24) is 0 Å². The molecule has 2 aromatic carbocycles. The summed E-state index contributed by atoms with van der Waals surface area (Å²) in [6.45, 7) is 1.59. The lowest BCUT2D eigenvalue weighted by Crippen LogP contribution is -1.95. The summed E-state index contributed by atoms with van der Waals surface area (Å²) in [5.41, 5.74) is 0.530. The van der Waals surface area contributed by atoms with Crippen LogP contribution in [0.25, 0.3) is 0 Å². The van der Waals surface area contributed by atoms with Gasteiger partial charge in [-0.3, -0.25) is 0 Å². The van der Waals surface area contributed by atoms with E-state index in [1.54, 1.807) is 19.1 Å². The number of hydrogen-bond acceptors (Lipinski definition) is 2. The van der Waals surface area contributed by atoms with Crippen LogP contribution < -0.4 is 4.74 Å². The van der Waals surface area contributed by atoms with E-state index in [9.17, 15) is 9.50 Å². The Morgan fingerprint density at radius 2 is 1.89 bits per heavy atom. The summed E-state index contributed by atoms with van der Waals surface area (Å²) in [5, 5.41) is 9.36. The van der Waals surface area contributed by atoms with Crippen molar-refractivity contribution in [1.29, 1.82) is 0 Å². The molecule has 0 aromatic heterocycles. The Labute approximate surface area is 119 Å². The lowest BCUT2D eigenvalue weighted by Gasteiger charge is -2.10. The van der Waals surface area contributed by atoms with Gasteiger partial charge in [0.25, 0.3) is 0 Å². The third-order valence-electron chi connectivity index (χ3n) is 2.49. The van der Waals surface area contributed by atoms with E-state index in [-0.39, 0.29) is 5.75 Å². The van der Waals surface area contributed by atoms with Crippen molar-refractivity contribution in [2.24, 2.45) is 0 Å². The molecule has 1 N–H and O–H groups in total. The van der Waals surface area contributed by atoms with E-state index in [1.807, 2.05) is 18.2 Å². The highest BCUT2D eigenvalue weighted by Crippen LogP contribution is 2.29. The van der Waals surface area contributed by atoms with Crippen LogP contribution in [0.15, 0.2) is 42.5 Å². The quantitative estimate of drug-likeness (QED) is 0.831. The molecule has 1 atom stereocenters. The molecule has 2 rings (SSSR count). The first-order valence-corrected chi connectivity index (χ1v) is 6.55. The Kier molecular flexibility index (Phi) is 4.19. The Hall–Kier alpha value is -1.14. The largest absolute Gasteiger partial charge is 0.453 e. The van der Waals surface area contributed by atoms with Crippen molar-refractivity contribution < 1.29 is 14.2 Å². The van der Waals surface area contributed by atoms with Crippen molar-refractivity contribution in [3.8, 4) is 11.5 Å². The summed E-state index contributed by atoms with van der Waals surface area (Å²) in [6.07, 6.45) is -0.689. The highest BCUT2D eigenvalue weighted by atomic mass is 127. The molecule has 0 aliphatic carbocycles. The molecule has 4 heteroatoms. The predicted molar refractivity (Wildman–Crippen MR) is 76.3 cm³/mol. The maximum atomic E-state index is 13.8. The zero-order valence-corrected chi connectivity index (χ0v) is 11.9. The number of ether oxygens (including phenoxy) is 1. The minimum Gasteiger partial charge on any atom is -0.453 e. The van der Waals surface area contributed by atoms with Crippen LogP contribution in [0.1, 0.15) is 18.6 Å². The van der Waals surface area contributed by atoms with Crippen LogP contribution in [0.5, 0.6) is 11.5 Å². The molecule has 0 saturated heterocycles. The first kappa shape index (κ1) is 13.3. The van der Waals surface area contributed by atoms with E-state index in [0.29, 0.717) is 11.3 Å². The highest BCUT2D eigenvalue weighted by Gasteiger charge is 2.10. The van der Waals surface area contributed by atoms with Gasteiger partial charge in [-0.05, 0) is 59.3 Å². The minimum atomic E-state index is -0.689. The molecular weight excluding hydrogens is 346 g/mol. The molecule has 0 aliphatic rings. The molecule has 0 aliphatic heterocycles. The molecule has 0 bridgehead atoms. The summed E-state index contributed by atoms with van der Waals surface area (Å²) in [4.78, 5) is 0. The molecule has 2 nitrogen and oxygen atoms in total.